The van der Waals surface area contributed by atoms with E-state index in [1.807, 2.05) is 26.0 Å². The lowest BCUT2D eigenvalue weighted by molar-refractivity contribution is 0.0938. The Morgan fingerprint density at radius 2 is 1.72 bits per heavy atom. The summed E-state index contributed by atoms with van der Waals surface area (Å²) in [5, 5.41) is 3.47. The summed E-state index contributed by atoms with van der Waals surface area (Å²) in [7, 11) is 0. The lowest BCUT2D eigenvalue weighted by atomic mass is 9.96. The second-order valence-electron chi connectivity index (χ2n) is 6.57. The summed E-state index contributed by atoms with van der Waals surface area (Å²) in [4.78, 5) is 28.2. The Kier molecular flexibility index (Phi) is 4.45. The molecule has 0 aliphatic carbocycles. The largest absolute Gasteiger partial charge is 0.360 e. The molecule has 1 heterocycles. The zero-order valence-electron chi connectivity index (χ0n) is 14.9. The molecule has 4 heteroatoms. The first-order valence-corrected chi connectivity index (χ1v) is 8.37. The summed E-state index contributed by atoms with van der Waals surface area (Å²) in [5.74, 6) is -0.364. The number of H-pyrrole nitrogens is 1. The van der Waals surface area contributed by atoms with Crippen molar-refractivity contribution in [2.75, 3.05) is 0 Å². The molecule has 0 radical (unpaired) electrons. The third-order valence-electron chi connectivity index (χ3n) is 4.73. The molecule has 2 aromatic carbocycles. The Morgan fingerprint density at radius 3 is 2.48 bits per heavy atom. The van der Waals surface area contributed by atoms with Crippen molar-refractivity contribution in [2.45, 2.75) is 33.7 Å². The van der Waals surface area contributed by atoms with Gasteiger partial charge in [0.2, 0.25) is 5.43 Å². The van der Waals surface area contributed by atoms with E-state index in [1.54, 1.807) is 12.1 Å². The lowest BCUT2D eigenvalue weighted by Crippen LogP contribution is -2.31. The molecule has 1 aromatic heterocycles. The number of fused-ring (bicyclic) bond motifs is 1. The molecule has 0 bridgehead atoms. The molecule has 1 amide bonds. The van der Waals surface area contributed by atoms with Crippen LogP contribution < -0.4 is 10.7 Å². The molecule has 4 nitrogen and oxygen atoms in total. The maximum Gasteiger partial charge on any atom is 0.257 e. The molecule has 0 unspecified atom stereocenters. The van der Waals surface area contributed by atoms with E-state index in [0.29, 0.717) is 5.39 Å². The van der Waals surface area contributed by atoms with Gasteiger partial charge in [0.25, 0.3) is 5.91 Å². The number of pyridine rings is 1. The normalized spacial score (nSPS) is 12.2. The van der Waals surface area contributed by atoms with Gasteiger partial charge >= 0.3 is 0 Å². The van der Waals surface area contributed by atoms with E-state index in [2.05, 4.69) is 36.3 Å². The number of carbonyl (C=O) groups excluding carboxylic acids is 1. The minimum Gasteiger partial charge on any atom is -0.360 e. The molecule has 0 saturated heterocycles. The number of aryl methyl sites for hydroxylation is 3. The van der Waals surface area contributed by atoms with E-state index in [0.717, 1.165) is 16.6 Å². The first kappa shape index (κ1) is 17.0. The molecule has 0 aliphatic heterocycles. The predicted molar refractivity (Wildman–Crippen MR) is 101 cm³/mol. The lowest BCUT2D eigenvalue weighted by Gasteiger charge is -2.18. The standard InChI is InChI=1S/C21H22N2O2/c1-12-9-14(3)17(10-13(12)2)15(4)23-21(25)18-11-22-19-8-6-5-7-16(19)20(18)24/h5-11,15H,1-4H3,(H,22,24)(H,23,25)/t15-/m1/s1. The zero-order chi connectivity index (χ0) is 18.1. The van der Waals surface area contributed by atoms with E-state index in [9.17, 15) is 9.59 Å². The first-order valence-electron chi connectivity index (χ1n) is 8.37. The molecule has 0 aliphatic rings. The zero-order valence-corrected chi connectivity index (χ0v) is 14.9. The Balaban J connectivity index is 1.91. The molecular formula is C21H22N2O2. The van der Waals surface area contributed by atoms with Gasteiger partial charge in [0.1, 0.15) is 5.56 Å². The van der Waals surface area contributed by atoms with E-state index < -0.39 is 0 Å². The number of aromatic nitrogens is 1. The summed E-state index contributed by atoms with van der Waals surface area (Å²) in [6, 6.07) is 11.2. The number of hydrogen-bond donors (Lipinski definition) is 2. The highest BCUT2D eigenvalue weighted by atomic mass is 16.2. The average Bonchev–Trinajstić information content (AvgIpc) is 2.58. The van der Waals surface area contributed by atoms with Crippen LogP contribution in [0, 0.1) is 20.8 Å². The first-order chi connectivity index (χ1) is 11.9. The fraction of sp³-hybridized carbons (Fsp3) is 0.238. The number of para-hydroxylation sites is 1. The average molecular weight is 334 g/mol. The Hall–Kier alpha value is -2.88. The van der Waals surface area contributed by atoms with E-state index in [1.165, 1.54) is 17.3 Å². The monoisotopic (exact) mass is 334 g/mol. The van der Waals surface area contributed by atoms with Crippen molar-refractivity contribution in [3.05, 3.63) is 80.6 Å². The smallest absolute Gasteiger partial charge is 0.257 e. The van der Waals surface area contributed by atoms with Crippen molar-refractivity contribution in [1.82, 2.24) is 10.3 Å². The van der Waals surface area contributed by atoms with Crippen LogP contribution in [0.2, 0.25) is 0 Å². The Labute approximate surface area is 146 Å². The van der Waals surface area contributed by atoms with Crippen LogP contribution in [0.25, 0.3) is 10.9 Å². The molecule has 0 fully saturated rings. The van der Waals surface area contributed by atoms with Crippen LogP contribution in [-0.2, 0) is 0 Å². The molecule has 3 rings (SSSR count). The van der Waals surface area contributed by atoms with E-state index in [-0.39, 0.29) is 22.9 Å². The van der Waals surface area contributed by atoms with Crippen molar-refractivity contribution in [2.24, 2.45) is 0 Å². The number of benzene rings is 2. The molecule has 0 spiro atoms. The molecular weight excluding hydrogens is 312 g/mol. The van der Waals surface area contributed by atoms with Crippen molar-refractivity contribution in [3.8, 4) is 0 Å². The van der Waals surface area contributed by atoms with Crippen LogP contribution in [-0.4, -0.2) is 10.9 Å². The third-order valence-corrected chi connectivity index (χ3v) is 4.73. The van der Waals surface area contributed by atoms with Gasteiger partial charge in [-0.2, -0.15) is 0 Å². The maximum absolute atomic E-state index is 12.6. The van der Waals surface area contributed by atoms with E-state index in [4.69, 9.17) is 0 Å². The quantitative estimate of drug-likeness (QED) is 0.762. The highest BCUT2D eigenvalue weighted by Crippen LogP contribution is 2.22. The Morgan fingerprint density at radius 1 is 1.04 bits per heavy atom. The van der Waals surface area contributed by atoms with Crippen molar-refractivity contribution < 1.29 is 4.79 Å². The third kappa shape index (κ3) is 3.20. The van der Waals surface area contributed by atoms with Crippen LogP contribution in [0.4, 0.5) is 0 Å². The van der Waals surface area contributed by atoms with Gasteiger partial charge in [-0.25, -0.2) is 0 Å². The molecule has 2 N–H and O–H groups in total. The summed E-state index contributed by atoms with van der Waals surface area (Å²) in [6.45, 7) is 8.10. The molecule has 128 valence electrons. The number of amides is 1. The van der Waals surface area contributed by atoms with Crippen LogP contribution in [0.3, 0.4) is 0 Å². The van der Waals surface area contributed by atoms with Crippen molar-refractivity contribution >= 4 is 16.8 Å². The number of carbonyl (C=O) groups is 1. The minimum atomic E-state index is -0.364. The van der Waals surface area contributed by atoms with Gasteiger partial charge in [-0.1, -0.05) is 24.3 Å². The molecule has 1 atom stereocenters. The topological polar surface area (TPSA) is 62.0 Å². The highest BCUT2D eigenvalue weighted by molar-refractivity contribution is 5.97. The Bertz CT molecular complexity index is 1020. The second kappa shape index (κ2) is 6.55. The van der Waals surface area contributed by atoms with Crippen LogP contribution in [0.15, 0.2) is 47.4 Å². The predicted octanol–water partition coefficient (Wildman–Crippen LogP) is 3.94. The van der Waals surface area contributed by atoms with Gasteiger partial charge in [-0.15, -0.1) is 0 Å². The highest BCUT2D eigenvalue weighted by Gasteiger charge is 2.17. The summed E-state index contributed by atoms with van der Waals surface area (Å²) in [5.41, 5.74) is 5.21. The fourth-order valence-electron chi connectivity index (χ4n) is 3.14. The number of nitrogens with one attached hydrogen (secondary N) is 2. The van der Waals surface area contributed by atoms with E-state index >= 15 is 0 Å². The van der Waals surface area contributed by atoms with Crippen LogP contribution in [0.1, 0.15) is 45.6 Å². The van der Waals surface area contributed by atoms with Gasteiger partial charge in [0.15, 0.2) is 0 Å². The van der Waals surface area contributed by atoms with Gasteiger partial charge < -0.3 is 10.3 Å². The van der Waals surface area contributed by atoms with Gasteiger partial charge in [0.05, 0.1) is 6.04 Å². The second-order valence-corrected chi connectivity index (χ2v) is 6.57. The fourth-order valence-corrected chi connectivity index (χ4v) is 3.14. The van der Waals surface area contributed by atoms with Crippen LogP contribution in [0.5, 0.6) is 0 Å². The minimum absolute atomic E-state index is 0.132. The molecule has 3 aromatic rings. The van der Waals surface area contributed by atoms with Crippen molar-refractivity contribution in [3.63, 3.8) is 0 Å². The number of rotatable bonds is 3. The van der Waals surface area contributed by atoms with Crippen molar-refractivity contribution in [1.29, 1.82) is 0 Å². The van der Waals surface area contributed by atoms with Gasteiger partial charge in [-0.05, 0) is 62.1 Å². The van der Waals surface area contributed by atoms with Gasteiger partial charge in [-0.3, -0.25) is 9.59 Å². The maximum atomic E-state index is 12.6. The number of aromatic amines is 1. The van der Waals surface area contributed by atoms with Crippen LogP contribution >= 0.6 is 0 Å². The SMILES string of the molecule is Cc1cc(C)c([C@@H](C)NC(=O)c2c[nH]c3ccccc3c2=O)cc1C. The molecule has 0 saturated carbocycles. The van der Waals surface area contributed by atoms with Gasteiger partial charge in [0, 0.05) is 17.1 Å². The molecule has 25 heavy (non-hydrogen) atoms. The summed E-state index contributed by atoms with van der Waals surface area (Å²) in [6.07, 6.45) is 1.49. The summed E-state index contributed by atoms with van der Waals surface area (Å²) >= 11 is 0. The summed E-state index contributed by atoms with van der Waals surface area (Å²) < 4.78 is 0. The number of hydrogen-bond acceptors (Lipinski definition) is 2.